The summed E-state index contributed by atoms with van der Waals surface area (Å²) in [6.45, 7) is 8.91. The maximum absolute atomic E-state index is 13.3. The number of rotatable bonds is 22. The van der Waals surface area contributed by atoms with Gasteiger partial charge in [-0.25, -0.2) is 9.67 Å². The molecule has 5 heterocycles. The molecule has 3 aromatic heterocycles. The quantitative estimate of drug-likeness (QED) is 0.0666. The van der Waals surface area contributed by atoms with Gasteiger partial charge in [0.1, 0.15) is 17.6 Å². The Morgan fingerprint density at radius 2 is 1.69 bits per heavy atom. The Hall–Kier alpha value is -5.30. The molecule has 18 nitrogen and oxygen atoms in total. The van der Waals surface area contributed by atoms with Crippen molar-refractivity contribution in [3.05, 3.63) is 65.2 Å². The van der Waals surface area contributed by atoms with Gasteiger partial charge in [-0.15, -0.1) is 5.10 Å². The number of ether oxygens (including phenoxy) is 3. The van der Waals surface area contributed by atoms with Crippen molar-refractivity contribution in [3.8, 4) is 0 Å². The molecular weight excluding hydrogens is 747 g/mol. The number of nitrogens with one attached hydrogen (secondary N) is 4. The molecule has 1 unspecified atom stereocenters. The molecule has 58 heavy (non-hydrogen) atoms. The van der Waals surface area contributed by atoms with Crippen molar-refractivity contribution in [3.63, 3.8) is 0 Å². The van der Waals surface area contributed by atoms with Crippen LogP contribution in [-0.4, -0.2) is 122 Å². The topological polar surface area (TPSA) is 208 Å². The molecule has 1 saturated carbocycles. The van der Waals surface area contributed by atoms with Gasteiger partial charge < -0.3 is 30.2 Å². The number of fused-ring (bicyclic) bond motifs is 2. The molecular formula is C40H53N11O7. The largest absolute Gasteiger partial charge is 0.379 e. The Morgan fingerprint density at radius 3 is 2.48 bits per heavy atom. The van der Waals surface area contributed by atoms with E-state index in [0.29, 0.717) is 75.6 Å². The number of carbonyl (C=O) groups excluding carboxylic acids is 4. The predicted molar refractivity (Wildman–Crippen MR) is 212 cm³/mol. The average Bonchev–Trinajstić information content (AvgIpc) is 4.04. The highest BCUT2D eigenvalue weighted by atomic mass is 16.5. The summed E-state index contributed by atoms with van der Waals surface area (Å²) in [7, 11) is 0. The van der Waals surface area contributed by atoms with Gasteiger partial charge in [-0.2, -0.15) is 9.61 Å². The van der Waals surface area contributed by atoms with Crippen molar-refractivity contribution in [2.45, 2.75) is 95.9 Å². The Labute approximate surface area is 336 Å². The van der Waals surface area contributed by atoms with Crippen LogP contribution < -0.4 is 21.3 Å². The van der Waals surface area contributed by atoms with Crippen LogP contribution in [0.5, 0.6) is 0 Å². The average molecular weight is 800 g/mol. The van der Waals surface area contributed by atoms with Gasteiger partial charge in [-0.05, 0) is 50.7 Å². The van der Waals surface area contributed by atoms with Crippen LogP contribution in [0.2, 0.25) is 0 Å². The van der Waals surface area contributed by atoms with Crippen molar-refractivity contribution < 1.29 is 33.4 Å². The first-order valence-corrected chi connectivity index (χ1v) is 20.4. The van der Waals surface area contributed by atoms with E-state index in [9.17, 15) is 19.2 Å². The van der Waals surface area contributed by atoms with Crippen LogP contribution >= 0.6 is 0 Å². The minimum absolute atomic E-state index is 0.0594. The molecule has 2 aliphatic heterocycles. The summed E-state index contributed by atoms with van der Waals surface area (Å²) in [4.78, 5) is 56.2. The Bertz CT molecular complexity index is 2060. The van der Waals surface area contributed by atoms with Crippen LogP contribution in [0.4, 0.5) is 11.5 Å². The van der Waals surface area contributed by atoms with Gasteiger partial charge in [0, 0.05) is 54.5 Å². The van der Waals surface area contributed by atoms with Gasteiger partial charge in [0.25, 0.3) is 11.8 Å². The van der Waals surface area contributed by atoms with Gasteiger partial charge in [0.05, 0.1) is 76.3 Å². The van der Waals surface area contributed by atoms with Gasteiger partial charge in [-0.3, -0.25) is 29.4 Å². The van der Waals surface area contributed by atoms with E-state index >= 15 is 0 Å². The lowest BCUT2D eigenvalue weighted by Gasteiger charge is -2.27. The molecule has 310 valence electrons. The maximum Gasteiger partial charge on any atom is 0.264 e. The third kappa shape index (κ3) is 9.69. The lowest BCUT2D eigenvalue weighted by atomic mass is 9.99. The minimum atomic E-state index is -1.03. The van der Waals surface area contributed by atoms with E-state index in [0.717, 1.165) is 60.7 Å². The fourth-order valence-corrected chi connectivity index (χ4v) is 7.87. The molecule has 18 heteroatoms. The summed E-state index contributed by atoms with van der Waals surface area (Å²) < 4.78 is 20.7. The molecule has 1 saturated heterocycles. The summed E-state index contributed by atoms with van der Waals surface area (Å²) in [6, 6.07) is 8.86. The molecule has 4 aromatic rings. The predicted octanol–water partition coefficient (Wildman–Crippen LogP) is 2.91. The van der Waals surface area contributed by atoms with Gasteiger partial charge >= 0.3 is 0 Å². The summed E-state index contributed by atoms with van der Waals surface area (Å²) >= 11 is 0. The molecule has 2 fully saturated rings. The summed E-state index contributed by atoms with van der Waals surface area (Å²) in [5.41, 5.74) is 3.49. The van der Waals surface area contributed by atoms with E-state index < -0.39 is 29.7 Å². The third-order valence-corrected chi connectivity index (χ3v) is 11.0. The van der Waals surface area contributed by atoms with E-state index in [-0.39, 0.29) is 30.5 Å². The summed E-state index contributed by atoms with van der Waals surface area (Å²) in [5, 5.41) is 25.6. The number of hydrogen-bond donors (Lipinski definition) is 4. The van der Waals surface area contributed by atoms with Gasteiger partial charge in [0.2, 0.25) is 11.8 Å². The molecule has 0 bridgehead atoms. The van der Waals surface area contributed by atoms with Crippen molar-refractivity contribution in [2.24, 2.45) is 0 Å². The second kappa shape index (κ2) is 19.4. The highest BCUT2D eigenvalue weighted by Gasteiger charge is 2.45. The third-order valence-electron chi connectivity index (χ3n) is 11.0. The van der Waals surface area contributed by atoms with Crippen LogP contribution in [-0.2, 0) is 36.9 Å². The molecule has 4 N–H and O–H groups in total. The highest BCUT2D eigenvalue weighted by Crippen LogP contribution is 2.33. The second-order valence-electron chi connectivity index (χ2n) is 14.8. The van der Waals surface area contributed by atoms with Crippen molar-refractivity contribution in [1.82, 2.24) is 45.1 Å². The number of hydrogen-bond acceptors (Lipinski definition) is 14. The van der Waals surface area contributed by atoms with E-state index in [1.54, 1.807) is 29.1 Å². The van der Waals surface area contributed by atoms with Crippen LogP contribution in [0.1, 0.15) is 96.8 Å². The first-order valence-electron chi connectivity index (χ1n) is 20.4. The van der Waals surface area contributed by atoms with E-state index in [2.05, 4.69) is 56.6 Å². The number of carbonyl (C=O) groups is 4. The number of amides is 4. The number of piperidine rings is 1. The number of aromatic nitrogens is 6. The van der Waals surface area contributed by atoms with E-state index in [1.165, 1.54) is 0 Å². The fraction of sp³-hybridized carbons (Fsp3) is 0.550. The normalized spacial score (nSPS) is 19.4. The highest BCUT2D eigenvalue weighted by molar-refractivity contribution is 6.25. The van der Waals surface area contributed by atoms with Crippen LogP contribution in [0.15, 0.2) is 42.7 Å². The molecule has 3 atom stereocenters. The van der Waals surface area contributed by atoms with Crippen molar-refractivity contribution in [1.29, 1.82) is 0 Å². The molecule has 0 spiro atoms. The summed E-state index contributed by atoms with van der Waals surface area (Å²) in [5.74, 6) is -0.732. The lowest BCUT2D eigenvalue weighted by Crippen LogP contribution is -2.54. The Morgan fingerprint density at radius 1 is 0.914 bits per heavy atom. The molecule has 7 rings (SSSR count). The standard InChI is InChI=1S/C40H53N11O7/c1-3-26(4-2)32-23-35(51-34(45-32)12-13-43-51)44-28-9-8-27(22-28)41-14-16-56-18-20-58-21-19-57-17-15-49-25-29(47-48-49)24-42-31-7-5-6-30-37(31)40(55)50(39(30)54)33-10-11-36(52)46-38(33)53/h5-7,12-13,23,25-28,33,41-42,44H,3-4,8-11,14-22,24H2,1-2H3,(H,46,52,53)/t27-,28-,33?/m0/s1. The minimum Gasteiger partial charge on any atom is -0.379 e. The van der Waals surface area contributed by atoms with Crippen LogP contribution in [0, 0.1) is 0 Å². The van der Waals surface area contributed by atoms with Crippen LogP contribution in [0.25, 0.3) is 5.65 Å². The van der Waals surface area contributed by atoms with Gasteiger partial charge in [0.15, 0.2) is 5.65 Å². The molecule has 4 amide bonds. The fourth-order valence-electron chi connectivity index (χ4n) is 7.87. The Kier molecular flexibility index (Phi) is 13.7. The number of benzene rings is 1. The van der Waals surface area contributed by atoms with E-state index in [4.69, 9.17) is 19.2 Å². The molecule has 1 aromatic carbocycles. The lowest BCUT2D eigenvalue weighted by molar-refractivity contribution is -0.136. The molecule has 3 aliphatic rings. The SMILES string of the molecule is CCC(CC)c1cc(N[C@H]2CC[C@H](NCCOCCOCCOCCn3cc(CNc4cccc5c4C(=O)N(C4CCC(=O)NC4=O)C5=O)nn3)C2)n2nccc2n1. The molecule has 1 aliphatic carbocycles. The first-order chi connectivity index (χ1) is 28.3. The zero-order valence-electron chi connectivity index (χ0n) is 33.2. The zero-order chi connectivity index (χ0) is 40.4. The van der Waals surface area contributed by atoms with Crippen molar-refractivity contribution in [2.75, 3.05) is 56.8 Å². The number of nitrogens with zero attached hydrogens (tertiary/aromatic N) is 7. The Balaban J connectivity index is 0.721. The number of anilines is 2. The number of imide groups is 2. The van der Waals surface area contributed by atoms with Crippen LogP contribution in [0.3, 0.4) is 0 Å². The smallest absolute Gasteiger partial charge is 0.264 e. The molecule has 0 radical (unpaired) electrons. The second-order valence-corrected chi connectivity index (χ2v) is 14.8. The van der Waals surface area contributed by atoms with E-state index in [1.807, 2.05) is 16.8 Å². The van der Waals surface area contributed by atoms with Crippen molar-refractivity contribution >= 4 is 40.8 Å². The zero-order valence-corrected chi connectivity index (χ0v) is 33.2. The maximum atomic E-state index is 13.3. The van der Waals surface area contributed by atoms with Gasteiger partial charge in [-0.1, -0.05) is 25.1 Å². The first kappa shape index (κ1) is 40.9. The monoisotopic (exact) mass is 799 g/mol. The summed E-state index contributed by atoms with van der Waals surface area (Å²) in [6.07, 6.45) is 9.13.